The highest BCUT2D eigenvalue weighted by Gasteiger charge is 2.09. The van der Waals surface area contributed by atoms with E-state index >= 15 is 0 Å². The number of aromatic nitrogens is 2. The summed E-state index contributed by atoms with van der Waals surface area (Å²) in [6.45, 7) is 6.21. The van der Waals surface area contributed by atoms with Crippen LogP contribution in [0.15, 0.2) is 18.2 Å². The number of fused-ring (bicyclic) bond motifs is 1. The van der Waals surface area contributed by atoms with Crippen molar-refractivity contribution in [3.8, 4) is 11.3 Å². The quantitative estimate of drug-likeness (QED) is 0.650. The lowest BCUT2D eigenvalue weighted by Gasteiger charge is -1.98. The van der Waals surface area contributed by atoms with Gasteiger partial charge in [-0.05, 0) is 32.9 Å². The largest absolute Gasteiger partial charge is 0.241 e. The van der Waals surface area contributed by atoms with E-state index in [9.17, 15) is 0 Å². The molecule has 2 heterocycles. The predicted molar refractivity (Wildman–Crippen MR) is 74.9 cm³/mol. The minimum absolute atomic E-state index is 1.08. The molecule has 0 aliphatic rings. The highest BCUT2D eigenvalue weighted by atomic mass is 32.1. The van der Waals surface area contributed by atoms with Crippen molar-refractivity contribution >= 4 is 32.9 Å². The van der Waals surface area contributed by atoms with Gasteiger partial charge in [-0.15, -0.1) is 22.7 Å². The van der Waals surface area contributed by atoms with Crippen molar-refractivity contribution < 1.29 is 0 Å². The summed E-state index contributed by atoms with van der Waals surface area (Å²) in [5.41, 5.74) is 3.35. The van der Waals surface area contributed by atoms with Gasteiger partial charge < -0.3 is 0 Å². The van der Waals surface area contributed by atoms with E-state index in [1.54, 1.807) is 22.7 Å². The van der Waals surface area contributed by atoms with Crippen molar-refractivity contribution in [1.29, 1.82) is 0 Å². The van der Waals surface area contributed by atoms with Gasteiger partial charge in [-0.3, -0.25) is 0 Å². The Morgan fingerprint density at radius 2 is 1.71 bits per heavy atom. The van der Waals surface area contributed by atoms with Gasteiger partial charge in [0.1, 0.15) is 0 Å². The van der Waals surface area contributed by atoms with Gasteiger partial charge in [0.25, 0.3) is 0 Å². The van der Waals surface area contributed by atoms with Crippen LogP contribution in [0.25, 0.3) is 21.5 Å². The van der Waals surface area contributed by atoms with Gasteiger partial charge in [0.2, 0.25) is 0 Å². The number of benzene rings is 1. The smallest absolute Gasteiger partial charge is 0.0907 e. The van der Waals surface area contributed by atoms with Crippen molar-refractivity contribution in [3.05, 3.63) is 33.1 Å². The van der Waals surface area contributed by atoms with Crippen LogP contribution in [0.4, 0.5) is 0 Å². The first-order valence-corrected chi connectivity index (χ1v) is 7.08. The fourth-order valence-corrected chi connectivity index (χ4v) is 3.63. The second-order valence-electron chi connectivity index (χ2n) is 4.05. The zero-order chi connectivity index (χ0) is 12.0. The molecule has 0 spiro atoms. The second kappa shape index (κ2) is 3.89. The summed E-state index contributed by atoms with van der Waals surface area (Å²) >= 11 is 3.48. The van der Waals surface area contributed by atoms with Crippen LogP contribution in [0.3, 0.4) is 0 Å². The molecule has 0 radical (unpaired) electrons. The monoisotopic (exact) mass is 260 g/mol. The summed E-state index contributed by atoms with van der Waals surface area (Å²) in [5.74, 6) is 0. The Morgan fingerprint density at radius 1 is 0.941 bits per heavy atom. The highest BCUT2D eigenvalue weighted by molar-refractivity contribution is 7.18. The van der Waals surface area contributed by atoms with Gasteiger partial charge in [-0.1, -0.05) is 6.07 Å². The number of hydrogen-bond acceptors (Lipinski definition) is 4. The first kappa shape index (κ1) is 10.9. The molecule has 3 rings (SSSR count). The maximum Gasteiger partial charge on any atom is 0.0907 e. The van der Waals surface area contributed by atoms with Crippen LogP contribution in [0, 0.1) is 20.8 Å². The van der Waals surface area contributed by atoms with E-state index < -0.39 is 0 Å². The van der Waals surface area contributed by atoms with Gasteiger partial charge in [-0.2, -0.15) is 0 Å². The Balaban J connectivity index is 2.20. The molecular formula is C13H12N2S2. The lowest BCUT2D eigenvalue weighted by Crippen LogP contribution is -1.81. The van der Waals surface area contributed by atoms with E-state index in [0.717, 1.165) is 21.2 Å². The Labute approximate surface area is 108 Å². The molecule has 0 bridgehead atoms. The van der Waals surface area contributed by atoms with Crippen LogP contribution in [0.2, 0.25) is 0 Å². The lowest BCUT2D eigenvalue weighted by atomic mass is 10.1. The molecule has 0 fully saturated rings. The molecule has 17 heavy (non-hydrogen) atoms. The van der Waals surface area contributed by atoms with Crippen molar-refractivity contribution in [1.82, 2.24) is 9.97 Å². The third-order valence-electron chi connectivity index (χ3n) is 2.67. The first-order valence-electron chi connectivity index (χ1n) is 5.45. The van der Waals surface area contributed by atoms with E-state index in [0.29, 0.717) is 0 Å². The molecule has 1 aromatic carbocycles. The van der Waals surface area contributed by atoms with Crippen molar-refractivity contribution in [2.75, 3.05) is 0 Å². The summed E-state index contributed by atoms with van der Waals surface area (Å²) < 4.78 is 1.25. The highest BCUT2D eigenvalue weighted by Crippen LogP contribution is 2.31. The average molecular weight is 260 g/mol. The summed E-state index contributed by atoms with van der Waals surface area (Å²) in [7, 11) is 0. The minimum atomic E-state index is 1.08. The Morgan fingerprint density at radius 3 is 2.41 bits per heavy atom. The fraction of sp³-hybridized carbons (Fsp3) is 0.231. The lowest BCUT2D eigenvalue weighted by molar-refractivity contribution is 1.28. The van der Waals surface area contributed by atoms with Gasteiger partial charge >= 0.3 is 0 Å². The third-order valence-corrected chi connectivity index (χ3v) is 4.51. The van der Waals surface area contributed by atoms with E-state index in [1.165, 1.54) is 15.1 Å². The molecule has 0 saturated heterocycles. The molecule has 0 aliphatic heterocycles. The molecule has 86 valence electrons. The molecule has 0 amide bonds. The van der Waals surface area contributed by atoms with E-state index in [1.807, 2.05) is 13.8 Å². The van der Waals surface area contributed by atoms with Crippen LogP contribution >= 0.6 is 22.7 Å². The van der Waals surface area contributed by atoms with E-state index in [2.05, 4.69) is 35.1 Å². The fourth-order valence-electron chi connectivity index (χ4n) is 1.99. The number of rotatable bonds is 1. The third kappa shape index (κ3) is 1.87. The maximum absolute atomic E-state index is 4.59. The van der Waals surface area contributed by atoms with Crippen LogP contribution in [-0.4, -0.2) is 9.97 Å². The summed E-state index contributed by atoms with van der Waals surface area (Å²) in [6, 6.07) is 6.42. The molecule has 2 nitrogen and oxygen atoms in total. The van der Waals surface area contributed by atoms with Gasteiger partial charge in [0.15, 0.2) is 0 Å². The predicted octanol–water partition coefficient (Wildman–Crippen LogP) is 4.35. The van der Waals surface area contributed by atoms with Crippen LogP contribution in [0.1, 0.15) is 14.9 Å². The number of thiazole rings is 2. The van der Waals surface area contributed by atoms with Crippen molar-refractivity contribution in [2.45, 2.75) is 20.8 Å². The van der Waals surface area contributed by atoms with E-state index in [-0.39, 0.29) is 0 Å². The summed E-state index contributed by atoms with van der Waals surface area (Å²) in [4.78, 5) is 10.4. The van der Waals surface area contributed by atoms with Crippen LogP contribution < -0.4 is 0 Å². The van der Waals surface area contributed by atoms with Crippen LogP contribution in [-0.2, 0) is 0 Å². The molecule has 0 atom stereocenters. The molecule has 0 N–H and O–H groups in total. The van der Waals surface area contributed by atoms with Crippen molar-refractivity contribution in [3.63, 3.8) is 0 Å². The molecular weight excluding hydrogens is 248 g/mol. The Hall–Kier alpha value is -1.26. The first-order chi connectivity index (χ1) is 8.13. The van der Waals surface area contributed by atoms with Crippen LogP contribution in [0.5, 0.6) is 0 Å². The molecule has 2 aromatic heterocycles. The Bertz CT molecular complexity index is 695. The number of aryl methyl sites for hydroxylation is 3. The van der Waals surface area contributed by atoms with E-state index in [4.69, 9.17) is 0 Å². The topological polar surface area (TPSA) is 25.8 Å². The SMILES string of the molecule is Cc1nc(-c2ccc3sc(C)nc3c2)c(C)s1. The normalized spacial score (nSPS) is 11.2. The molecule has 3 aromatic rings. The number of hydrogen-bond donors (Lipinski definition) is 0. The Kier molecular flexibility index (Phi) is 2.49. The zero-order valence-corrected chi connectivity index (χ0v) is 11.6. The van der Waals surface area contributed by atoms with Gasteiger partial charge in [0.05, 0.1) is 25.9 Å². The van der Waals surface area contributed by atoms with Crippen molar-refractivity contribution in [2.24, 2.45) is 0 Å². The molecule has 0 aliphatic carbocycles. The van der Waals surface area contributed by atoms with Gasteiger partial charge in [0, 0.05) is 10.4 Å². The standard InChI is InChI=1S/C13H12N2S2/c1-7-13(15-9(3)16-7)10-4-5-12-11(6-10)14-8(2)17-12/h4-6H,1-3H3. The maximum atomic E-state index is 4.59. The molecule has 0 unspecified atom stereocenters. The molecule has 4 heteroatoms. The van der Waals surface area contributed by atoms with Gasteiger partial charge in [-0.25, -0.2) is 9.97 Å². The number of nitrogens with zero attached hydrogens (tertiary/aromatic N) is 2. The average Bonchev–Trinajstić information content (AvgIpc) is 2.78. The zero-order valence-electron chi connectivity index (χ0n) is 9.94. The summed E-state index contributed by atoms with van der Waals surface area (Å²) in [5, 5.41) is 2.23. The molecule has 0 saturated carbocycles. The minimum Gasteiger partial charge on any atom is -0.241 e. The summed E-state index contributed by atoms with van der Waals surface area (Å²) in [6.07, 6.45) is 0. The second-order valence-corrected chi connectivity index (χ2v) is 6.70.